The van der Waals surface area contributed by atoms with Crippen molar-refractivity contribution in [1.82, 2.24) is 0 Å². The molecule has 0 spiro atoms. The smallest absolute Gasteiger partial charge is 0.252 e. The van der Waals surface area contributed by atoms with Crippen molar-refractivity contribution in [2.75, 3.05) is 19.6 Å². The number of para-hydroxylation sites is 5. The van der Waals surface area contributed by atoms with Crippen LogP contribution in [0.25, 0.3) is 22.3 Å². The van der Waals surface area contributed by atoms with Gasteiger partial charge in [-0.2, -0.15) is 0 Å². The predicted octanol–water partition coefficient (Wildman–Crippen LogP) is 15.8. The van der Waals surface area contributed by atoms with Crippen LogP contribution < -0.4 is 52.4 Å². The van der Waals surface area contributed by atoms with Crippen LogP contribution in [0, 0.1) is 20.8 Å². The number of anilines is 12. The lowest BCUT2D eigenvalue weighted by Crippen LogP contribution is -2.64. The molecular weight excluding hydrogens is 978 g/mol. The van der Waals surface area contributed by atoms with E-state index in [0.717, 1.165) is 62.4 Å². The van der Waals surface area contributed by atoms with E-state index in [1.54, 1.807) is 0 Å². The average Bonchev–Trinajstić information content (AvgIpc) is 3.69. The number of aryl methyl sites for hydroxylation is 3. The maximum Gasteiger partial charge on any atom is 0.252 e. The molecule has 4 nitrogen and oxygen atoms in total. The van der Waals surface area contributed by atoms with Gasteiger partial charge in [0.1, 0.15) is 0 Å². The zero-order chi connectivity index (χ0) is 54.1. The second kappa shape index (κ2) is 19.7. The minimum absolute atomic E-state index is 0.0403. The Labute approximate surface area is 476 Å². The lowest BCUT2D eigenvalue weighted by atomic mass is 9.30. The van der Waals surface area contributed by atoms with E-state index >= 15 is 0 Å². The van der Waals surface area contributed by atoms with Crippen LogP contribution in [0.3, 0.4) is 0 Å². The molecule has 0 saturated carbocycles. The van der Waals surface area contributed by atoms with Gasteiger partial charge in [-0.25, -0.2) is 0 Å². The first kappa shape index (κ1) is 48.1. The topological polar surface area (TPSA) is 13.0 Å². The van der Waals surface area contributed by atoms with E-state index in [1.807, 2.05) is 0 Å². The second-order valence-electron chi connectivity index (χ2n) is 21.8. The Hall–Kier alpha value is -10.0. The third kappa shape index (κ3) is 8.08. The molecule has 3 heterocycles. The molecule has 3 aliphatic heterocycles. The van der Waals surface area contributed by atoms with Gasteiger partial charge in [0.25, 0.3) is 6.71 Å². The molecule has 12 aromatic rings. The number of hydrogen-bond donors (Lipinski definition) is 0. The first-order valence-corrected chi connectivity index (χ1v) is 28.2. The third-order valence-electron chi connectivity index (χ3n) is 16.9. The summed E-state index contributed by atoms with van der Waals surface area (Å²) in [7, 11) is 0. The molecule has 0 aliphatic carbocycles. The summed E-state index contributed by atoms with van der Waals surface area (Å²) in [5.74, 6) is 0. The predicted molar refractivity (Wildman–Crippen MR) is 346 cm³/mol. The zero-order valence-corrected chi connectivity index (χ0v) is 45.6. The molecule has 0 bridgehead atoms. The van der Waals surface area contributed by atoms with Gasteiger partial charge in [-0.1, -0.05) is 216 Å². The molecule has 15 rings (SSSR count). The van der Waals surface area contributed by atoms with E-state index in [9.17, 15) is 0 Å². The van der Waals surface area contributed by atoms with Crippen LogP contribution >= 0.6 is 0 Å². The highest BCUT2D eigenvalue weighted by Gasteiger charge is 2.47. The van der Waals surface area contributed by atoms with Crippen LogP contribution in [0.5, 0.6) is 0 Å². The molecule has 382 valence electrons. The number of benzene rings is 12. The number of rotatable bonds is 9. The molecule has 81 heavy (non-hydrogen) atoms. The fourth-order valence-electron chi connectivity index (χ4n) is 13.6. The summed E-state index contributed by atoms with van der Waals surface area (Å²) >= 11 is 0. The van der Waals surface area contributed by atoms with Gasteiger partial charge in [-0.15, -0.1) is 0 Å². The van der Waals surface area contributed by atoms with Crippen LogP contribution in [-0.4, -0.2) is 13.4 Å². The van der Waals surface area contributed by atoms with Gasteiger partial charge in [-0.05, 0) is 161 Å². The Balaban J connectivity index is 1.09. The fraction of sp³-hybridized carbons (Fsp3) is 0.0400. The quantitative estimate of drug-likeness (QED) is 0.134. The van der Waals surface area contributed by atoms with Crippen LogP contribution in [0.1, 0.15) is 16.7 Å². The van der Waals surface area contributed by atoms with Crippen LogP contribution in [-0.2, 0) is 0 Å². The maximum absolute atomic E-state index is 2.63. The Morgan fingerprint density at radius 2 is 0.679 bits per heavy atom. The van der Waals surface area contributed by atoms with Crippen molar-refractivity contribution in [3.8, 4) is 22.3 Å². The first-order chi connectivity index (χ1) is 39.9. The number of fused-ring (bicyclic) bond motifs is 6. The highest BCUT2D eigenvalue weighted by atomic mass is 15.2. The van der Waals surface area contributed by atoms with Crippen molar-refractivity contribution in [3.63, 3.8) is 0 Å². The van der Waals surface area contributed by atoms with Crippen molar-refractivity contribution < 1.29 is 0 Å². The Morgan fingerprint density at radius 1 is 0.259 bits per heavy atom. The molecule has 0 radical (unpaired) electrons. The highest BCUT2D eigenvalue weighted by Crippen LogP contribution is 2.50. The molecule has 0 fully saturated rings. The second-order valence-corrected chi connectivity index (χ2v) is 21.8. The fourth-order valence-corrected chi connectivity index (χ4v) is 13.6. The lowest BCUT2D eigenvalue weighted by Gasteiger charge is -2.46. The summed E-state index contributed by atoms with van der Waals surface area (Å²) in [6, 6.07) is 106. The molecular formula is C75H56B2N4. The van der Waals surface area contributed by atoms with Crippen molar-refractivity contribution in [2.45, 2.75) is 20.8 Å². The summed E-state index contributed by atoms with van der Waals surface area (Å²) in [6.45, 7) is 6.65. The largest absolute Gasteiger partial charge is 0.311 e. The Morgan fingerprint density at radius 3 is 1.25 bits per heavy atom. The Bertz CT molecular complexity index is 4280. The highest BCUT2D eigenvalue weighted by molar-refractivity contribution is 7.02. The molecule has 6 heteroatoms. The molecule has 0 amide bonds. The van der Waals surface area contributed by atoms with Gasteiger partial charge in [0.05, 0.1) is 5.69 Å². The van der Waals surface area contributed by atoms with E-state index in [2.05, 4.69) is 325 Å². The van der Waals surface area contributed by atoms with E-state index < -0.39 is 0 Å². The monoisotopic (exact) mass is 1030 g/mol. The summed E-state index contributed by atoms with van der Waals surface area (Å²) in [6.07, 6.45) is 0. The van der Waals surface area contributed by atoms with Gasteiger partial charge in [0.15, 0.2) is 0 Å². The molecule has 0 atom stereocenters. The SMILES string of the molecule is Cc1cc(C)c(B2c3ccccc3N(c3ccccc3)c3cc4c(cc32)B2c3ccc(-c5ccccc5)cc3N(c3cccc(-c5ccccc5)c3)c3cc(N(c5ccccc5)c5ccccc5)cc(c32)N4c2ccccc2)c(C)c1. The van der Waals surface area contributed by atoms with E-state index in [0.29, 0.717) is 0 Å². The van der Waals surface area contributed by atoms with Gasteiger partial charge < -0.3 is 19.6 Å². The third-order valence-corrected chi connectivity index (χ3v) is 16.9. The summed E-state index contributed by atoms with van der Waals surface area (Å²) in [5.41, 5.74) is 29.8. The van der Waals surface area contributed by atoms with Crippen molar-refractivity contribution >= 4 is 114 Å². The van der Waals surface area contributed by atoms with Crippen molar-refractivity contribution in [1.29, 1.82) is 0 Å². The average molecular weight is 1030 g/mol. The molecule has 3 aliphatic rings. The van der Waals surface area contributed by atoms with Crippen LogP contribution in [0.4, 0.5) is 68.2 Å². The summed E-state index contributed by atoms with van der Waals surface area (Å²) in [4.78, 5) is 10.1. The van der Waals surface area contributed by atoms with Crippen LogP contribution in [0.15, 0.2) is 285 Å². The lowest BCUT2D eigenvalue weighted by molar-refractivity contribution is 1.22. The van der Waals surface area contributed by atoms with E-state index in [1.165, 1.54) is 77.5 Å². The van der Waals surface area contributed by atoms with Gasteiger partial charge in [-0.3, -0.25) is 0 Å². The molecule has 0 N–H and O–H groups in total. The maximum atomic E-state index is 2.63. The molecule has 0 aromatic heterocycles. The molecule has 0 unspecified atom stereocenters. The normalized spacial score (nSPS) is 12.8. The van der Waals surface area contributed by atoms with Gasteiger partial charge in [0, 0.05) is 62.6 Å². The molecule has 0 saturated heterocycles. The molecule has 12 aromatic carbocycles. The minimum Gasteiger partial charge on any atom is -0.311 e. The Kier molecular flexibility index (Phi) is 11.7. The van der Waals surface area contributed by atoms with Crippen molar-refractivity contribution in [2.24, 2.45) is 0 Å². The van der Waals surface area contributed by atoms with Gasteiger partial charge in [0.2, 0.25) is 6.71 Å². The van der Waals surface area contributed by atoms with Gasteiger partial charge >= 0.3 is 0 Å². The van der Waals surface area contributed by atoms with Crippen LogP contribution in [0.2, 0.25) is 0 Å². The van der Waals surface area contributed by atoms with Crippen molar-refractivity contribution in [3.05, 3.63) is 302 Å². The minimum atomic E-state index is -0.164. The van der Waals surface area contributed by atoms with E-state index in [-0.39, 0.29) is 13.4 Å². The number of nitrogens with zero attached hydrogens (tertiary/aromatic N) is 4. The van der Waals surface area contributed by atoms with E-state index in [4.69, 9.17) is 0 Å². The number of hydrogen-bond acceptors (Lipinski definition) is 4. The zero-order valence-electron chi connectivity index (χ0n) is 45.6. The first-order valence-electron chi connectivity index (χ1n) is 28.2. The standard InChI is InChI=1S/C75H56B2N4/c1-51-43-52(2)74(53(3)44-51)76-64-39-22-23-40-68(64)79(60-34-18-8-19-35-60)70-50-71-67(49-66(70)76)77-65-42-41-57(55-27-12-5-13-28-55)46-69(65)81(62-38-24-29-56(45-62)54-25-10-4-11-26-54)73-48-63(47-72(75(73)77)80(71)61-36-20-9-21-37-61)78(58-30-14-6-15-31-58)59-32-16-7-17-33-59/h4-50H,1-3H3. The summed E-state index contributed by atoms with van der Waals surface area (Å²) < 4.78 is 0. The summed E-state index contributed by atoms with van der Waals surface area (Å²) in [5, 5.41) is 0.